The van der Waals surface area contributed by atoms with Gasteiger partial charge in [0, 0.05) is 12.1 Å². The zero-order valence-corrected chi connectivity index (χ0v) is 14.5. The predicted octanol–water partition coefficient (Wildman–Crippen LogP) is 4.56. The highest BCUT2D eigenvalue weighted by atomic mass is 15.1. The maximum atomic E-state index is 9.38. The van der Waals surface area contributed by atoms with Gasteiger partial charge in [0.15, 0.2) is 5.65 Å². The van der Waals surface area contributed by atoms with E-state index in [9.17, 15) is 5.26 Å². The number of pyridine rings is 1. The van der Waals surface area contributed by atoms with Crippen LogP contribution in [-0.2, 0) is 6.54 Å². The van der Waals surface area contributed by atoms with Crippen molar-refractivity contribution in [1.82, 2.24) is 14.5 Å². The van der Waals surface area contributed by atoms with Gasteiger partial charge in [-0.05, 0) is 43.0 Å². The van der Waals surface area contributed by atoms with Gasteiger partial charge < -0.3 is 4.57 Å². The average molecular weight is 318 g/mol. The summed E-state index contributed by atoms with van der Waals surface area (Å²) in [6.45, 7) is 7.05. The van der Waals surface area contributed by atoms with E-state index < -0.39 is 0 Å². The van der Waals surface area contributed by atoms with Gasteiger partial charge in [0.1, 0.15) is 11.3 Å². The summed E-state index contributed by atoms with van der Waals surface area (Å²) < 4.78 is 2.18. The molecule has 0 radical (unpaired) electrons. The van der Waals surface area contributed by atoms with Gasteiger partial charge in [-0.25, -0.2) is 9.97 Å². The van der Waals surface area contributed by atoms with Gasteiger partial charge >= 0.3 is 0 Å². The lowest BCUT2D eigenvalue weighted by Gasteiger charge is -2.15. The fourth-order valence-electron chi connectivity index (χ4n) is 3.19. The van der Waals surface area contributed by atoms with Crippen LogP contribution in [0.3, 0.4) is 0 Å². The summed E-state index contributed by atoms with van der Waals surface area (Å²) in [5.41, 5.74) is 4.66. The van der Waals surface area contributed by atoms with E-state index in [0.29, 0.717) is 18.0 Å². The Labute approximate surface area is 142 Å². The number of imidazole rings is 1. The zero-order chi connectivity index (χ0) is 17.1. The lowest BCUT2D eigenvalue weighted by molar-refractivity contribution is 0.568. The fraction of sp³-hybridized carbons (Fsp3) is 0.350. The summed E-state index contributed by atoms with van der Waals surface area (Å²) in [5.74, 6) is 1.47. The van der Waals surface area contributed by atoms with E-state index in [0.717, 1.165) is 41.0 Å². The Balaban J connectivity index is 2.17. The van der Waals surface area contributed by atoms with Crippen LogP contribution in [0.1, 0.15) is 55.1 Å². The second kappa shape index (κ2) is 6.84. The summed E-state index contributed by atoms with van der Waals surface area (Å²) in [7, 11) is 0. The third-order valence-electron chi connectivity index (χ3n) is 4.57. The molecule has 4 heteroatoms. The number of hydrogen-bond acceptors (Lipinski definition) is 3. The third-order valence-corrected chi connectivity index (χ3v) is 4.57. The number of benzene rings is 1. The highest BCUT2D eigenvalue weighted by Crippen LogP contribution is 2.27. The van der Waals surface area contributed by atoms with E-state index in [-0.39, 0.29) is 0 Å². The lowest BCUT2D eigenvalue weighted by atomic mass is 10.0. The van der Waals surface area contributed by atoms with Crippen molar-refractivity contribution in [2.24, 2.45) is 0 Å². The van der Waals surface area contributed by atoms with Gasteiger partial charge in [-0.15, -0.1) is 0 Å². The van der Waals surface area contributed by atoms with Crippen LogP contribution < -0.4 is 0 Å². The van der Waals surface area contributed by atoms with Crippen LogP contribution in [0.15, 0.2) is 36.5 Å². The number of hydrogen-bond donors (Lipinski definition) is 0. The number of aromatic nitrogens is 3. The van der Waals surface area contributed by atoms with Crippen LogP contribution in [0.2, 0.25) is 0 Å². The van der Waals surface area contributed by atoms with Crippen molar-refractivity contribution in [2.45, 2.75) is 46.1 Å². The molecular formula is C20H22N4. The molecule has 122 valence electrons. The van der Waals surface area contributed by atoms with Crippen molar-refractivity contribution in [3.05, 3.63) is 59.0 Å². The van der Waals surface area contributed by atoms with E-state index >= 15 is 0 Å². The van der Waals surface area contributed by atoms with Gasteiger partial charge in [0.2, 0.25) is 0 Å². The molecular weight excluding hydrogens is 296 g/mol. The molecule has 0 atom stereocenters. The quantitative estimate of drug-likeness (QED) is 0.692. The number of rotatable bonds is 5. The standard InChI is InChI=1S/C20H22N4/c1-4-15(5-2)19-23-18-10-14(3)12-22-20(18)24(19)13-17-9-7-6-8-16(17)11-21/h6-10,12,15H,4-5,13H2,1-3H3. The Bertz CT molecular complexity index is 898. The molecule has 0 N–H and O–H groups in total. The molecule has 4 nitrogen and oxygen atoms in total. The Hall–Kier alpha value is -2.67. The molecule has 1 aromatic carbocycles. The van der Waals surface area contributed by atoms with Crippen LogP contribution in [-0.4, -0.2) is 14.5 Å². The zero-order valence-electron chi connectivity index (χ0n) is 14.5. The first-order valence-electron chi connectivity index (χ1n) is 8.48. The van der Waals surface area contributed by atoms with Crippen molar-refractivity contribution in [2.75, 3.05) is 0 Å². The largest absolute Gasteiger partial charge is 0.308 e. The molecule has 3 rings (SSSR count). The minimum atomic E-state index is 0.397. The average Bonchev–Trinajstić information content (AvgIpc) is 2.94. The van der Waals surface area contributed by atoms with Crippen LogP contribution in [0.4, 0.5) is 0 Å². The maximum absolute atomic E-state index is 9.38. The topological polar surface area (TPSA) is 54.5 Å². The molecule has 0 aliphatic carbocycles. The first-order valence-corrected chi connectivity index (χ1v) is 8.48. The van der Waals surface area contributed by atoms with Gasteiger partial charge in [-0.3, -0.25) is 0 Å². The lowest BCUT2D eigenvalue weighted by Crippen LogP contribution is -2.10. The number of aryl methyl sites for hydroxylation is 1. The Kier molecular flexibility index (Phi) is 4.61. The number of nitrogens with zero attached hydrogens (tertiary/aromatic N) is 4. The maximum Gasteiger partial charge on any atom is 0.160 e. The van der Waals surface area contributed by atoms with Crippen molar-refractivity contribution in [3.8, 4) is 6.07 Å². The summed E-state index contributed by atoms with van der Waals surface area (Å²) in [4.78, 5) is 9.51. The second-order valence-corrected chi connectivity index (χ2v) is 6.19. The smallest absolute Gasteiger partial charge is 0.160 e. The van der Waals surface area contributed by atoms with E-state index in [1.165, 1.54) is 0 Å². The van der Waals surface area contributed by atoms with Crippen molar-refractivity contribution < 1.29 is 0 Å². The fourth-order valence-corrected chi connectivity index (χ4v) is 3.19. The van der Waals surface area contributed by atoms with Crippen molar-refractivity contribution in [1.29, 1.82) is 5.26 Å². The van der Waals surface area contributed by atoms with Crippen LogP contribution in [0, 0.1) is 18.3 Å². The normalized spacial score (nSPS) is 11.1. The predicted molar refractivity (Wildman–Crippen MR) is 95.8 cm³/mol. The van der Waals surface area contributed by atoms with Gasteiger partial charge in [-0.2, -0.15) is 5.26 Å². The first-order chi connectivity index (χ1) is 11.7. The molecule has 0 saturated carbocycles. The minimum Gasteiger partial charge on any atom is -0.308 e. The second-order valence-electron chi connectivity index (χ2n) is 6.19. The van der Waals surface area contributed by atoms with E-state index in [2.05, 4.69) is 35.5 Å². The molecule has 2 heterocycles. The molecule has 24 heavy (non-hydrogen) atoms. The highest BCUT2D eigenvalue weighted by molar-refractivity contribution is 5.72. The highest BCUT2D eigenvalue weighted by Gasteiger charge is 2.19. The molecule has 0 amide bonds. The molecule has 0 fully saturated rings. The first kappa shape index (κ1) is 16.2. The number of fused-ring (bicyclic) bond motifs is 1. The minimum absolute atomic E-state index is 0.397. The molecule has 0 spiro atoms. The summed E-state index contributed by atoms with van der Waals surface area (Å²) in [6.07, 6.45) is 3.96. The molecule has 0 aliphatic rings. The van der Waals surface area contributed by atoms with Crippen molar-refractivity contribution >= 4 is 11.2 Å². The van der Waals surface area contributed by atoms with Gasteiger partial charge in [0.25, 0.3) is 0 Å². The summed E-state index contributed by atoms with van der Waals surface area (Å²) in [6, 6.07) is 12.1. The monoisotopic (exact) mass is 318 g/mol. The Morgan fingerprint density at radius 2 is 1.96 bits per heavy atom. The van der Waals surface area contributed by atoms with Gasteiger partial charge in [-0.1, -0.05) is 32.0 Å². The molecule has 0 aliphatic heterocycles. The molecule has 3 aromatic rings. The third kappa shape index (κ3) is 2.90. The van der Waals surface area contributed by atoms with Crippen molar-refractivity contribution in [3.63, 3.8) is 0 Å². The molecule has 0 saturated heterocycles. The van der Waals surface area contributed by atoms with Crippen LogP contribution in [0.5, 0.6) is 0 Å². The van der Waals surface area contributed by atoms with E-state index in [1.54, 1.807) is 0 Å². The SMILES string of the molecule is CCC(CC)c1nc2cc(C)cnc2n1Cc1ccccc1C#N. The molecule has 0 unspecified atom stereocenters. The molecule has 2 aromatic heterocycles. The Morgan fingerprint density at radius 1 is 1.21 bits per heavy atom. The Morgan fingerprint density at radius 3 is 2.67 bits per heavy atom. The van der Waals surface area contributed by atoms with Gasteiger partial charge in [0.05, 0.1) is 18.2 Å². The van der Waals surface area contributed by atoms with E-state index in [1.807, 2.05) is 37.4 Å². The van der Waals surface area contributed by atoms with E-state index in [4.69, 9.17) is 4.98 Å². The molecule has 0 bridgehead atoms. The number of nitriles is 1. The van der Waals surface area contributed by atoms with Crippen LogP contribution >= 0.6 is 0 Å². The summed E-state index contributed by atoms with van der Waals surface area (Å²) >= 11 is 0. The van der Waals surface area contributed by atoms with Crippen LogP contribution in [0.25, 0.3) is 11.2 Å². The summed E-state index contributed by atoms with van der Waals surface area (Å²) in [5, 5.41) is 9.38.